The maximum absolute atomic E-state index is 13.4. The highest BCUT2D eigenvalue weighted by Gasteiger charge is 2.37. The molecular weight excluding hydrogens is 526 g/mol. The Labute approximate surface area is 242 Å². The first-order valence-corrected chi connectivity index (χ1v) is 14.9. The average Bonchev–Trinajstić information content (AvgIpc) is 3.57. The van der Waals surface area contributed by atoms with E-state index in [2.05, 4.69) is 9.80 Å². The number of carbonyl (C=O) groups excluding carboxylic acids is 3. The third-order valence-corrected chi connectivity index (χ3v) is 7.91. The van der Waals surface area contributed by atoms with Gasteiger partial charge in [0.1, 0.15) is 17.7 Å². The number of hydrogen-bond acceptors (Lipinski definition) is 8. The van der Waals surface area contributed by atoms with Gasteiger partial charge in [0.2, 0.25) is 11.8 Å². The summed E-state index contributed by atoms with van der Waals surface area (Å²) < 4.78 is 5.58. The molecule has 2 unspecified atom stereocenters. The summed E-state index contributed by atoms with van der Waals surface area (Å²) in [5.74, 6) is -1.48. The molecule has 0 saturated carbocycles. The number of carboxylic acid groups (broad SMARTS) is 1. The molecule has 11 heteroatoms. The number of fused-ring (bicyclic) bond motifs is 2. The highest BCUT2D eigenvalue weighted by atomic mass is 16.6. The number of hydrogen-bond donors (Lipinski definition) is 1. The number of aliphatic carboxylic acids is 1. The Hall–Kier alpha value is -3.05. The van der Waals surface area contributed by atoms with Crippen LogP contribution in [0.1, 0.15) is 77.1 Å². The summed E-state index contributed by atoms with van der Waals surface area (Å²) in [4.78, 5) is 63.0. The quantitative estimate of drug-likeness (QED) is 0.512. The first-order valence-electron chi connectivity index (χ1n) is 14.9. The fourth-order valence-corrected chi connectivity index (χ4v) is 6.01. The summed E-state index contributed by atoms with van der Waals surface area (Å²) >= 11 is 0. The van der Waals surface area contributed by atoms with Gasteiger partial charge in [0.15, 0.2) is 0 Å². The van der Waals surface area contributed by atoms with Crippen LogP contribution in [0, 0.1) is 0 Å². The van der Waals surface area contributed by atoms with E-state index in [1.54, 1.807) is 4.90 Å². The van der Waals surface area contributed by atoms with Crippen LogP contribution < -0.4 is 0 Å². The summed E-state index contributed by atoms with van der Waals surface area (Å²) in [6.07, 6.45) is 5.32. The minimum atomic E-state index is -0.938. The standard InChI is InChI=1S/C30H45N5O6/c1-30(2,3)41-29(40)25-13-9-17-35(25)27(37)21-33-15-6-4-5-14-32(18-22-10-7-11-23(19-33)31-22)20-26(36)34-16-8-12-24(34)28(38)39/h7,10-11,24-25H,4-6,8-9,12-21H2,1-3H3,(H,38,39). The van der Waals surface area contributed by atoms with Crippen molar-refractivity contribution in [3.8, 4) is 0 Å². The molecule has 0 radical (unpaired) electrons. The first-order chi connectivity index (χ1) is 19.5. The largest absolute Gasteiger partial charge is 0.480 e. The Morgan fingerprint density at radius 1 is 0.805 bits per heavy atom. The van der Waals surface area contributed by atoms with E-state index in [1.807, 2.05) is 39.0 Å². The van der Waals surface area contributed by atoms with Gasteiger partial charge in [-0.15, -0.1) is 0 Å². The van der Waals surface area contributed by atoms with E-state index in [0.717, 1.165) is 43.6 Å². The molecule has 4 rings (SSSR count). The van der Waals surface area contributed by atoms with Gasteiger partial charge in [0, 0.05) is 26.2 Å². The lowest BCUT2D eigenvalue weighted by molar-refractivity contribution is -0.163. The van der Waals surface area contributed by atoms with Crippen molar-refractivity contribution in [3.05, 3.63) is 29.6 Å². The van der Waals surface area contributed by atoms with Crippen molar-refractivity contribution in [1.82, 2.24) is 24.6 Å². The molecule has 0 spiro atoms. The van der Waals surface area contributed by atoms with E-state index >= 15 is 0 Å². The van der Waals surface area contributed by atoms with Crippen molar-refractivity contribution in [2.45, 2.75) is 96.5 Å². The molecule has 1 aromatic heterocycles. The monoisotopic (exact) mass is 571 g/mol. The normalized spacial score (nSPS) is 23.1. The van der Waals surface area contributed by atoms with E-state index in [9.17, 15) is 24.3 Å². The number of carboxylic acids is 1. The van der Waals surface area contributed by atoms with Crippen LogP contribution in [0.3, 0.4) is 0 Å². The smallest absolute Gasteiger partial charge is 0.329 e. The zero-order valence-electron chi connectivity index (χ0n) is 24.7. The van der Waals surface area contributed by atoms with Crippen molar-refractivity contribution in [2.75, 3.05) is 39.3 Å². The van der Waals surface area contributed by atoms with E-state index in [0.29, 0.717) is 52.0 Å². The lowest BCUT2D eigenvalue weighted by Crippen LogP contribution is -2.47. The Morgan fingerprint density at radius 2 is 1.32 bits per heavy atom. The summed E-state index contributed by atoms with van der Waals surface area (Å²) in [5.41, 5.74) is 1.08. The highest BCUT2D eigenvalue weighted by molar-refractivity contribution is 5.86. The average molecular weight is 572 g/mol. The highest BCUT2D eigenvalue weighted by Crippen LogP contribution is 2.22. The Balaban J connectivity index is 1.40. The van der Waals surface area contributed by atoms with Crippen LogP contribution in [0.15, 0.2) is 18.2 Å². The molecule has 2 atom stereocenters. The zero-order valence-corrected chi connectivity index (χ0v) is 24.7. The van der Waals surface area contributed by atoms with Gasteiger partial charge in [-0.05, 0) is 84.5 Å². The van der Waals surface area contributed by atoms with Gasteiger partial charge < -0.3 is 19.6 Å². The van der Waals surface area contributed by atoms with Crippen LogP contribution in [0.5, 0.6) is 0 Å². The number of carbonyl (C=O) groups is 4. The fraction of sp³-hybridized carbons (Fsp3) is 0.700. The molecule has 2 amide bonds. The molecule has 41 heavy (non-hydrogen) atoms. The van der Waals surface area contributed by atoms with E-state index in [-0.39, 0.29) is 30.9 Å². The van der Waals surface area contributed by atoms with E-state index in [1.165, 1.54) is 4.90 Å². The molecule has 2 saturated heterocycles. The second-order valence-corrected chi connectivity index (χ2v) is 12.5. The fourth-order valence-electron chi connectivity index (χ4n) is 6.01. The zero-order chi connectivity index (χ0) is 29.6. The lowest BCUT2D eigenvalue weighted by atomic mass is 10.1. The number of aromatic nitrogens is 1. The van der Waals surface area contributed by atoms with E-state index < -0.39 is 23.7 Å². The topological polar surface area (TPSA) is 124 Å². The van der Waals surface area contributed by atoms with Gasteiger partial charge in [-0.3, -0.25) is 24.4 Å². The molecule has 3 aliphatic heterocycles. The SMILES string of the molecule is CC(C)(C)OC(=O)C1CCCN1C(=O)CN1CCCCCN(CC(=O)N2CCCC2C(=O)O)Cc2cccc(n2)C1. The summed E-state index contributed by atoms with van der Waals surface area (Å²) in [6.45, 7) is 9.37. The third kappa shape index (κ3) is 8.72. The maximum atomic E-state index is 13.4. The van der Waals surface area contributed by atoms with E-state index in [4.69, 9.17) is 9.72 Å². The van der Waals surface area contributed by atoms with Crippen LogP contribution in [0.25, 0.3) is 0 Å². The van der Waals surface area contributed by atoms with Gasteiger partial charge in [-0.1, -0.05) is 12.5 Å². The van der Waals surface area contributed by atoms with Crippen molar-refractivity contribution in [1.29, 1.82) is 0 Å². The number of esters is 1. The number of amides is 2. The van der Waals surface area contributed by atoms with Gasteiger partial charge >= 0.3 is 11.9 Å². The Bertz CT molecular complexity index is 1110. The third-order valence-electron chi connectivity index (χ3n) is 7.91. The molecule has 3 aliphatic rings. The molecule has 0 aliphatic carbocycles. The van der Waals surface area contributed by atoms with Crippen LogP contribution in [-0.2, 0) is 37.0 Å². The molecule has 4 heterocycles. The predicted octanol–water partition coefficient (Wildman–Crippen LogP) is 2.28. The van der Waals surface area contributed by atoms with Crippen molar-refractivity contribution >= 4 is 23.8 Å². The van der Waals surface area contributed by atoms with Crippen LogP contribution >= 0.6 is 0 Å². The maximum Gasteiger partial charge on any atom is 0.329 e. The number of likely N-dealkylation sites (tertiary alicyclic amines) is 2. The van der Waals surface area contributed by atoms with Crippen LogP contribution in [0.2, 0.25) is 0 Å². The van der Waals surface area contributed by atoms with Crippen molar-refractivity contribution in [2.24, 2.45) is 0 Å². The van der Waals surface area contributed by atoms with Gasteiger partial charge in [0.25, 0.3) is 0 Å². The number of rotatable bonds is 6. The van der Waals surface area contributed by atoms with Gasteiger partial charge in [-0.25, -0.2) is 9.59 Å². The molecule has 2 fully saturated rings. The molecule has 226 valence electrons. The van der Waals surface area contributed by atoms with Gasteiger partial charge in [-0.2, -0.15) is 0 Å². The molecule has 11 nitrogen and oxygen atoms in total. The van der Waals surface area contributed by atoms with Crippen molar-refractivity contribution in [3.63, 3.8) is 0 Å². The molecule has 0 aromatic carbocycles. The summed E-state index contributed by atoms with van der Waals surface area (Å²) in [5, 5.41) is 9.49. The molecule has 1 N–H and O–H groups in total. The predicted molar refractivity (Wildman–Crippen MR) is 152 cm³/mol. The second kappa shape index (κ2) is 13.7. The van der Waals surface area contributed by atoms with Crippen molar-refractivity contribution < 1.29 is 29.0 Å². The first kappa shape index (κ1) is 30.9. The minimum absolute atomic E-state index is 0.0622. The molecular formula is C30H45N5O6. The number of nitrogens with zero attached hydrogens (tertiary/aromatic N) is 5. The lowest BCUT2D eigenvalue weighted by Gasteiger charge is -2.30. The number of pyridine rings is 1. The minimum Gasteiger partial charge on any atom is -0.480 e. The van der Waals surface area contributed by atoms with Crippen LogP contribution in [-0.4, -0.2) is 110 Å². The Morgan fingerprint density at radius 3 is 1.83 bits per heavy atom. The summed E-state index contributed by atoms with van der Waals surface area (Å²) in [7, 11) is 0. The number of ether oxygens (including phenoxy) is 1. The second-order valence-electron chi connectivity index (χ2n) is 12.5. The molecule has 1 aromatic rings. The Kier molecular flexibility index (Phi) is 10.4. The molecule has 2 bridgehead atoms. The summed E-state index contributed by atoms with van der Waals surface area (Å²) in [6, 6.07) is 4.57. The van der Waals surface area contributed by atoms with Gasteiger partial charge in [0.05, 0.1) is 24.5 Å². The van der Waals surface area contributed by atoms with Crippen LogP contribution in [0.4, 0.5) is 0 Å².